The lowest BCUT2D eigenvalue weighted by atomic mass is 10.1. The molecule has 0 N–H and O–H groups in total. The van der Waals surface area contributed by atoms with E-state index in [1.165, 1.54) is 18.2 Å². The van der Waals surface area contributed by atoms with Crippen molar-refractivity contribution < 1.29 is 13.9 Å². The van der Waals surface area contributed by atoms with Crippen LogP contribution in [0.1, 0.15) is 18.1 Å². The molecule has 3 heteroatoms. The molecule has 0 aliphatic heterocycles. The van der Waals surface area contributed by atoms with Gasteiger partial charge in [0.25, 0.3) is 0 Å². The van der Waals surface area contributed by atoms with Gasteiger partial charge in [-0.25, -0.2) is 9.18 Å². The highest BCUT2D eigenvalue weighted by Crippen LogP contribution is 2.14. The van der Waals surface area contributed by atoms with Gasteiger partial charge in [0.1, 0.15) is 5.82 Å². The molecule has 0 spiro atoms. The summed E-state index contributed by atoms with van der Waals surface area (Å²) in [5, 5.41) is 0. The molecule has 0 aromatic heterocycles. The Morgan fingerprint density at radius 2 is 2.27 bits per heavy atom. The van der Waals surface area contributed by atoms with Crippen LogP contribution in [0.5, 0.6) is 0 Å². The third-order valence-corrected chi connectivity index (χ3v) is 1.94. The van der Waals surface area contributed by atoms with Gasteiger partial charge in [0.15, 0.2) is 0 Å². The fourth-order valence-corrected chi connectivity index (χ4v) is 1.20. The first-order chi connectivity index (χ1) is 7.15. The molecule has 1 rings (SSSR count). The van der Waals surface area contributed by atoms with Crippen LogP contribution >= 0.6 is 0 Å². The van der Waals surface area contributed by atoms with Gasteiger partial charge < -0.3 is 4.74 Å². The summed E-state index contributed by atoms with van der Waals surface area (Å²) in [5.74, 6) is -0.796. The van der Waals surface area contributed by atoms with Crippen molar-refractivity contribution in [2.75, 3.05) is 6.61 Å². The van der Waals surface area contributed by atoms with E-state index < -0.39 is 5.97 Å². The number of ether oxygens (including phenoxy) is 1. The van der Waals surface area contributed by atoms with Gasteiger partial charge in [0, 0.05) is 11.6 Å². The van der Waals surface area contributed by atoms with Crippen molar-refractivity contribution in [2.45, 2.75) is 13.8 Å². The summed E-state index contributed by atoms with van der Waals surface area (Å²) in [6.07, 6.45) is 2.66. The van der Waals surface area contributed by atoms with Crippen molar-refractivity contribution >= 4 is 12.0 Å². The average molecular weight is 208 g/mol. The molecule has 15 heavy (non-hydrogen) atoms. The summed E-state index contributed by atoms with van der Waals surface area (Å²) in [5.41, 5.74) is 1.21. The minimum Gasteiger partial charge on any atom is -0.463 e. The van der Waals surface area contributed by atoms with E-state index in [1.807, 2.05) is 0 Å². The number of esters is 1. The third-order valence-electron chi connectivity index (χ3n) is 1.94. The van der Waals surface area contributed by atoms with Crippen molar-refractivity contribution in [1.29, 1.82) is 0 Å². The highest BCUT2D eigenvalue weighted by atomic mass is 19.1. The molecular formula is C12H13FO2. The molecule has 1 aromatic rings. The second-order valence-corrected chi connectivity index (χ2v) is 3.06. The summed E-state index contributed by atoms with van der Waals surface area (Å²) in [4.78, 5) is 11.0. The van der Waals surface area contributed by atoms with Crippen LogP contribution < -0.4 is 0 Å². The molecule has 0 amide bonds. The van der Waals surface area contributed by atoms with E-state index in [0.717, 1.165) is 5.56 Å². The van der Waals surface area contributed by atoms with Crippen molar-refractivity contribution in [2.24, 2.45) is 0 Å². The van der Waals surface area contributed by atoms with Crippen LogP contribution in [0.2, 0.25) is 0 Å². The van der Waals surface area contributed by atoms with Gasteiger partial charge in [-0.3, -0.25) is 0 Å². The van der Waals surface area contributed by atoms with E-state index >= 15 is 0 Å². The van der Waals surface area contributed by atoms with Crippen LogP contribution in [0.4, 0.5) is 4.39 Å². The number of aryl methyl sites for hydroxylation is 1. The van der Waals surface area contributed by atoms with Gasteiger partial charge in [0.2, 0.25) is 0 Å². The zero-order valence-electron chi connectivity index (χ0n) is 8.79. The fourth-order valence-electron chi connectivity index (χ4n) is 1.20. The van der Waals surface area contributed by atoms with Crippen LogP contribution in [0, 0.1) is 12.7 Å². The van der Waals surface area contributed by atoms with E-state index in [9.17, 15) is 9.18 Å². The maximum atomic E-state index is 13.3. The minimum atomic E-state index is -0.458. The quantitative estimate of drug-likeness (QED) is 0.564. The number of rotatable bonds is 3. The predicted molar refractivity (Wildman–Crippen MR) is 56.8 cm³/mol. The molecular weight excluding hydrogens is 195 g/mol. The molecule has 2 nitrogen and oxygen atoms in total. The van der Waals surface area contributed by atoms with Gasteiger partial charge in [-0.15, -0.1) is 0 Å². The van der Waals surface area contributed by atoms with Crippen LogP contribution in [0.25, 0.3) is 6.08 Å². The first-order valence-electron chi connectivity index (χ1n) is 4.75. The summed E-state index contributed by atoms with van der Waals surface area (Å²) in [6, 6.07) is 4.78. The minimum absolute atomic E-state index is 0.319. The van der Waals surface area contributed by atoms with Gasteiger partial charge in [-0.2, -0.15) is 0 Å². The number of halogens is 1. The number of carbonyl (C=O) groups excluding carboxylic acids is 1. The lowest BCUT2D eigenvalue weighted by molar-refractivity contribution is -0.137. The van der Waals surface area contributed by atoms with Crippen LogP contribution in [-0.2, 0) is 9.53 Å². The van der Waals surface area contributed by atoms with Crippen molar-refractivity contribution in [3.63, 3.8) is 0 Å². The van der Waals surface area contributed by atoms with Crippen molar-refractivity contribution in [1.82, 2.24) is 0 Å². The van der Waals surface area contributed by atoms with Crippen LogP contribution in [-0.4, -0.2) is 12.6 Å². The molecule has 1 aromatic carbocycles. The Bertz CT molecular complexity index is 363. The SMILES string of the molecule is CCOC(=O)/C=C/c1c(C)cccc1F. The number of hydrogen-bond acceptors (Lipinski definition) is 2. The largest absolute Gasteiger partial charge is 0.463 e. The highest BCUT2D eigenvalue weighted by Gasteiger charge is 2.02. The summed E-state index contributed by atoms with van der Waals surface area (Å²) in [6.45, 7) is 3.83. The monoisotopic (exact) mass is 208 g/mol. The van der Waals surface area contributed by atoms with E-state index in [1.54, 1.807) is 26.0 Å². The molecule has 0 heterocycles. The first-order valence-corrected chi connectivity index (χ1v) is 4.75. The van der Waals surface area contributed by atoms with Gasteiger partial charge in [-0.1, -0.05) is 12.1 Å². The van der Waals surface area contributed by atoms with E-state index in [2.05, 4.69) is 0 Å². The van der Waals surface area contributed by atoms with Crippen molar-refractivity contribution in [3.05, 3.63) is 41.2 Å². The molecule has 0 aliphatic carbocycles. The highest BCUT2D eigenvalue weighted by molar-refractivity contribution is 5.87. The van der Waals surface area contributed by atoms with E-state index in [-0.39, 0.29) is 5.82 Å². The number of benzene rings is 1. The van der Waals surface area contributed by atoms with E-state index in [0.29, 0.717) is 12.2 Å². The number of carbonyl (C=O) groups is 1. The topological polar surface area (TPSA) is 26.3 Å². The lowest BCUT2D eigenvalue weighted by Crippen LogP contribution is -1.99. The second kappa shape index (κ2) is 5.29. The zero-order valence-corrected chi connectivity index (χ0v) is 8.79. The van der Waals surface area contributed by atoms with Crippen LogP contribution in [0.3, 0.4) is 0 Å². The summed E-state index contributed by atoms with van der Waals surface area (Å²) in [7, 11) is 0. The molecule has 0 fully saturated rings. The number of hydrogen-bond donors (Lipinski definition) is 0. The summed E-state index contributed by atoms with van der Waals surface area (Å²) < 4.78 is 18.0. The first kappa shape index (κ1) is 11.4. The second-order valence-electron chi connectivity index (χ2n) is 3.06. The van der Waals surface area contributed by atoms with Gasteiger partial charge >= 0.3 is 5.97 Å². The Hall–Kier alpha value is -1.64. The Balaban J connectivity index is 2.84. The molecule has 0 saturated heterocycles. The predicted octanol–water partition coefficient (Wildman–Crippen LogP) is 2.71. The Kier molecular flexibility index (Phi) is 4.03. The molecule has 0 bridgehead atoms. The smallest absolute Gasteiger partial charge is 0.330 e. The Morgan fingerprint density at radius 1 is 1.53 bits per heavy atom. The molecule has 0 aliphatic rings. The van der Waals surface area contributed by atoms with Crippen molar-refractivity contribution in [3.8, 4) is 0 Å². The molecule has 0 saturated carbocycles. The molecule has 0 unspecified atom stereocenters. The van der Waals surface area contributed by atoms with Gasteiger partial charge in [0.05, 0.1) is 6.61 Å². The lowest BCUT2D eigenvalue weighted by Gasteiger charge is -2.01. The summed E-state index contributed by atoms with van der Waals surface area (Å²) >= 11 is 0. The normalized spacial score (nSPS) is 10.6. The maximum absolute atomic E-state index is 13.3. The van der Waals surface area contributed by atoms with Gasteiger partial charge in [-0.05, 0) is 31.6 Å². The maximum Gasteiger partial charge on any atom is 0.330 e. The molecule has 80 valence electrons. The zero-order chi connectivity index (χ0) is 11.3. The van der Waals surface area contributed by atoms with Crippen LogP contribution in [0.15, 0.2) is 24.3 Å². The Morgan fingerprint density at radius 3 is 2.87 bits per heavy atom. The standard InChI is InChI=1S/C12H13FO2/c1-3-15-12(14)8-7-10-9(2)5-4-6-11(10)13/h4-8H,3H2,1-2H3/b8-7+. The average Bonchev–Trinajstić information content (AvgIpc) is 2.17. The molecule has 0 radical (unpaired) electrons. The molecule has 0 atom stereocenters. The fraction of sp³-hybridized carbons (Fsp3) is 0.250. The van der Waals surface area contributed by atoms with E-state index in [4.69, 9.17) is 4.74 Å². The Labute approximate surface area is 88.4 Å². The third kappa shape index (κ3) is 3.20.